The van der Waals surface area contributed by atoms with E-state index in [1.807, 2.05) is 6.92 Å². The van der Waals surface area contributed by atoms with Gasteiger partial charge in [-0.3, -0.25) is 5.32 Å². The number of nitrogens with two attached hydrogens (primary N) is 1. The van der Waals surface area contributed by atoms with Gasteiger partial charge >= 0.3 is 12.1 Å². The number of amides is 1. The molecule has 6 nitrogen and oxygen atoms in total. The molecule has 0 fully saturated rings. The highest BCUT2D eigenvalue weighted by atomic mass is 35.5. The maximum absolute atomic E-state index is 11.9. The SMILES string of the molecule is COC(=O)/C(=C/c1cc(C)c(N)c(C)c1Cl)NC(=O)OC(C)(C)C. The first-order chi connectivity index (χ1) is 11.0. The minimum atomic E-state index is -0.765. The second-order valence-electron chi connectivity index (χ2n) is 6.31. The largest absolute Gasteiger partial charge is 0.464 e. The monoisotopic (exact) mass is 354 g/mol. The molecule has 1 aromatic carbocycles. The highest BCUT2D eigenvalue weighted by molar-refractivity contribution is 6.33. The van der Waals surface area contributed by atoms with E-state index >= 15 is 0 Å². The van der Waals surface area contributed by atoms with Crippen molar-refractivity contribution in [3.8, 4) is 0 Å². The molecule has 1 aromatic rings. The number of hydrogen-bond acceptors (Lipinski definition) is 5. The molecule has 0 saturated heterocycles. The summed E-state index contributed by atoms with van der Waals surface area (Å²) in [5.41, 5.74) is 7.78. The van der Waals surface area contributed by atoms with E-state index in [2.05, 4.69) is 5.32 Å². The predicted molar refractivity (Wildman–Crippen MR) is 94.7 cm³/mol. The van der Waals surface area contributed by atoms with Gasteiger partial charge in [0.05, 0.1) is 12.1 Å². The lowest BCUT2D eigenvalue weighted by molar-refractivity contribution is -0.136. The lowest BCUT2D eigenvalue weighted by atomic mass is 10.0. The van der Waals surface area contributed by atoms with Crippen LogP contribution in [0.15, 0.2) is 11.8 Å². The van der Waals surface area contributed by atoms with Crippen LogP contribution in [0.3, 0.4) is 0 Å². The number of nitrogens with one attached hydrogen (secondary N) is 1. The fourth-order valence-corrected chi connectivity index (χ4v) is 2.15. The first-order valence-corrected chi connectivity index (χ1v) is 7.69. The minimum Gasteiger partial charge on any atom is -0.464 e. The fraction of sp³-hybridized carbons (Fsp3) is 0.412. The number of nitrogen functional groups attached to an aromatic ring is 1. The van der Waals surface area contributed by atoms with Gasteiger partial charge in [-0.05, 0) is 63.5 Å². The van der Waals surface area contributed by atoms with Crippen LogP contribution in [0, 0.1) is 13.8 Å². The molecule has 0 bridgehead atoms. The number of halogens is 1. The summed E-state index contributed by atoms with van der Waals surface area (Å²) in [6.07, 6.45) is 0.663. The molecular formula is C17H23ClN2O4. The van der Waals surface area contributed by atoms with Crippen LogP contribution in [0.25, 0.3) is 6.08 Å². The maximum atomic E-state index is 11.9. The van der Waals surface area contributed by atoms with Gasteiger partial charge in [0.1, 0.15) is 11.3 Å². The van der Waals surface area contributed by atoms with E-state index in [1.165, 1.54) is 13.2 Å². The number of hydrogen-bond donors (Lipinski definition) is 2. The lowest BCUT2D eigenvalue weighted by Gasteiger charge is -2.20. The first-order valence-electron chi connectivity index (χ1n) is 7.31. The number of carbonyl (C=O) groups excluding carboxylic acids is 2. The number of anilines is 1. The molecule has 24 heavy (non-hydrogen) atoms. The van der Waals surface area contributed by atoms with Crippen LogP contribution in [0.4, 0.5) is 10.5 Å². The normalized spacial score (nSPS) is 11.9. The highest BCUT2D eigenvalue weighted by Crippen LogP contribution is 2.30. The molecule has 0 aliphatic heterocycles. The van der Waals surface area contributed by atoms with Gasteiger partial charge in [0, 0.05) is 5.69 Å². The lowest BCUT2D eigenvalue weighted by Crippen LogP contribution is -2.34. The summed E-state index contributed by atoms with van der Waals surface area (Å²) in [4.78, 5) is 23.9. The molecule has 0 radical (unpaired) electrons. The minimum absolute atomic E-state index is 0.0859. The van der Waals surface area contributed by atoms with Crippen molar-refractivity contribution < 1.29 is 19.1 Å². The van der Waals surface area contributed by atoms with E-state index in [0.29, 0.717) is 21.8 Å². The zero-order valence-electron chi connectivity index (χ0n) is 14.7. The topological polar surface area (TPSA) is 90.6 Å². The number of esters is 1. The Morgan fingerprint density at radius 2 is 1.88 bits per heavy atom. The van der Waals surface area contributed by atoms with E-state index in [1.54, 1.807) is 33.8 Å². The van der Waals surface area contributed by atoms with Crippen molar-refractivity contribution in [2.75, 3.05) is 12.8 Å². The number of rotatable bonds is 3. The zero-order valence-corrected chi connectivity index (χ0v) is 15.5. The Bertz CT molecular complexity index is 691. The molecule has 132 valence electrons. The van der Waals surface area contributed by atoms with Crippen molar-refractivity contribution in [1.29, 1.82) is 0 Å². The summed E-state index contributed by atoms with van der Waals surface area (Å²) < 4.78 is 9.84. The molecule has 0 spiro atoms. The van der Waals surface area contributed by atoms with Crippen molar-refractivity contribution in [3.05, 3.63) is 33.5 Å². The molecule has 0 aliphatic rings. The molecule has 0 unspecified atom stereocenters. The van der Waals surface area contributed by atoms with Crippen molar-refractivity contribution in [1.82, 2.24) is 5.32 Å². The fourth-order valence-electron chi connectivity index (χ4n) is 1.93. The quantitative estimate of drug-likeness (QED) is 0.492. The van der Waals surface area contributed by atoms with Crippen molar-refractivity contribution in [2.24, 2.45) is 0 Å². The molecule has 0 aliphatic carbocycles. The van der Waals surface area contributed by atoms with Gasteiger partial charge in [0.25, 0.3) is 0 Å². The molecule has 1 amide bonds. The van der Waals surface area contributed by atoms with Crippen LogP contribution in [0.2, 0.25) is 5.02 Å². The molecule has 1 rings (SSSR count). The van der Waals surface area contributed by atoms with E-state index in [4.69, 9.17) is 26.8 Å². The van der Waals surface area contributed by atoms with Crippen molar-refractivity contribution in [3.63, 3.8) is 0 Å². The summed E-state index contributed by atoms with van der Waals surface area (Å²) in [5.74, 6) is -0.718. The van der Waals surface area contributed by atoms with Gasteiger partial charge in [-0.2, -0.15) is 0 Å². The third-order valence-corrected chi connectivity index (χ3v) is 3.63. The second kappa shape index (κ2) is 7.57. The van der Waals surface area contributed by atoms with Crippen LogP contribution in [-0.2, 0) is 14.3 Å². The van der Waals surface area contributed by atoms with Crippen molar-refractivity contribution in [2.45, 2.75) is 40.2 Å². The summed E-state index contributed by atoms with van der Waals surface area (Å²) in [6.45, 7) is 8.77. The number of ether oxygens (including phenoxy) is 2. The Morgan fingerprint density at radius 1 is 1.29 bits per heavy atom. The Balaban J connectivity index is 3.25. The van der Waals surface area contributed by atoms with Gasteiger partial charge in [-0.1, -0.05) is 11.6 Å². The number of carbonyl (C=O) groups is 2. The van der Waals surface area contributed by atoms with Crippen LogP contribution in [0.1, 0.15) is 37.5 Å². The van der Waals surface area contributed by atoms with Crippen molar-refractivity contribution >= 4 is 35.4 Å². The van der Waals surface area contributed by atoms with Crippen LogP contribution < -0.4 is 11.1 Å². The molecule has 3 N–H and O–H groups in total. The number of methoxy groups -OCH3 is 1. The number of alkyl carbamates (subject to hydrolysis) is 1. The van der Waals surface area contributed by atoms with Crippen LogP contribution in [0.5, 0.6) is 0 Å². The van der Waals surface area contributed by atoms with Gasteiger partial charge < -0.3 is 15.2 Å². The summed E-state index contributed by atoms with van der Waals surface area (Å²) in [5, 5.41) is 2.78. The van der Waals surface area contributed by atoms with Crippen LogP contribution in [-0.4, -0.2) is 24.8 Å². The molecule has 7 heteroatoms. The Morgan fingerprint density at radius 3 is 2.38 bits per heavy atom. The van der Waals surface area contributed by atoms with Gasteiger partial charge in [0.2, 0.25) is 0 Å². The summed E-state index contributed by atoms with van der Waals surface area (Å²) in [7, 11) is 1.22. The Hall–Kier alpha value is -2.21. The molecule has 0 heterocycles. The number of benzene rings is 1. The Labute approximate surface area is 146 Å². The van der Waals surface area contributed by atoms with E-state index in [-0.39, 0.29) is 5.70 Å². The third-order valence-electron chi connectivity index (χ3n) is 3.12. The molecular weight excluding hydrogens is 332 g/mol. The Kier molecular flexibility index (Phi) is 6.26. The highest BCUT2D eigenvalue weighted by Gasteiger charge is 2.20. The van der Waals surface area contributed by atoms with E-state index in [9.17, 15) is 9.59 Å². The average Bonchev–Trinajstić information content (AvgIpc) is 2.46. The third kappa shape index (κ3) is 5.16. The van der Waals surface area contributed by atoms with E-state index < -0.39 is 17.7 Å². The second-order valence-corrected chi connectivity index (χ2v) is 6.69. The number of aryl methyl sites for hydroxylation is 1. The molecule has 0 atom stereocenters. The zero-order chi connectivity index (χ0) is 18.7. The van der Waals surface area contributed by atoms with Gasteiger partial charge in [-0.25, -0.2) is 9.59 Å². The summed E-state index contributed by atoms with van der Waals surface area (Å²) >= 11 is 6.28. The first kappa shape index (κ1) is 19.8. The molecule has 0 aromatic heterocycles. The maximum Gasteiger partial charge on any atom is 0.412 e. The summed E-state index contributed by atoms with van der Waals surface area (Å²) in [6, 6.07) is 1.73. The average molecular weight is 355 g/mol. The van der Waals surface area contributed by atoms with Gasteiger partial charge in [0.15, 0.2) is 0 Å². The standard InChI is InChI=1S/C17H23ClN2O4/c1-9-7-11(13(18)10(2)14(9)19)8-12(15(21)23-6)20-16(22)24-17(3,4)5/h7-8H,19H2,1-6H3,(H,20,22)/b12-8-. The molecule has 0 saturated carbocycles. The smallest absolute Gasteiger partial charge is 0.412 e. The van der Waals surface area contributed by atoms with Crippen LogP contribution >= 0.6 is 11.6 Å². The van der Waals surface area contributed by atoms with Gasteiger partial charge in [-0.15, -0.1) is 0 Å². The predicted octanol–water partition coefficient (Wildman–Crippen LogP) is 3.58. The van der Waals surface area contributed by atoms with E-state index in [0.717, 1.165) is 5.56 Å².